The van der Waals surface area contributed by atoms with E-state index in [2.05, 4.69) is 5.32 Å². The van der Waals surface area contributed by atoms with Crippen molar-refractivity contribution in [2.75, 3.05) is 31.6 Å². The Morgan fingerprint density at radius 1 is 0.975 bits per heavy atom. The van der Waals surface area contributed by atoms with Crippen molar-refractivity contribution in [1.29, 1.82) is 0 Å². The number of hydrogen-bond acceptors (Lipinski definition) is 6. The van der Waals surface area contributed by atoms with Crippen LogP contribution in [0.4, 0.5) is 5.69 Å². The van der Waals surface area contributed by atoms with E-state index in [1.54, 1.807) is 61.5 Å². The Morgan fingerprint density at radius 3 is 2.33 bits per heavy atom. The molecule has 0 aliphatic rings. The fourth-order valence-corrected chi connectivity index (χ4v) is 5.69. The molecule has 0 fully saturated rings. The minimum atomic E-state index is -4.25. The van der Waals surface area contributed by atoms with Gasteiger partial charge in [-0.25, -0.2) is 8.42 Å². The molecule has 0 aliphatic carbocycles. The first-order valence-corrected chi connectivity index (χ1v) is 14.6. The molecule has 0 saturated heterocycles. The molecule has 0 spiro atoms. The van der Waals surface area contributed by atoms with E-state index in [0.717, 1.165) is 10.7 Å². The first kappa shape index (κ1) is 30.8. The van der Waals surface area contributed by atoms with Gasteiger partial charge in [0.05, 0.1) is 24.8 Å². The molecule has 0 aliphatic heterocycles. The number of nitrogens with zero attached hydrogens (tertiary/aromatic N) is 2. The standard InChI is InChI=1S/C29H34ClN3O6S/c1-5-16-31-29(35)21(2)32(19-22-10-9-11-23(30)17-22)28(34)20-33(40(36,37)25-12-7-6-8-13-25)26-18-24(38-3)14-15-27(26)39-4/h6-15,17-18,21H,5,16,19-20H2,1-4H3,(H,31,35)/t21-/m1/s1. The van der Waals surface area contributed by atoms with E-state index >= 15 is 0 Å². The normalized spacial score (nSPS) is 11.8. The van der Waals surface area contributed by atoms with Crippen molar-refractivity contribution in [3.05, 3.63) is 83.4 Å². The van der Waals surface area contributed by atoms with Crippen LogP contribution in [0.2, 0.25) is 5.02 Å². The molecule has 3 aromatic carbocycles. The van der Waals surface area contributed by atoms with Crippen LogP contribution in [-0.2, 0) is 26.2 Å². The maximum Gasteiger partial charge on any atom is 0.264 e. The predicted octanol–water partition coefficient (Wildman–Crippen LogP) is 4.50. The van der Waals surface area contributed by atoms with Crippen molar-refractivity contribution >= 4 is 39.1 Å². The number of hydrogen-bond donors (Lipinski definition) is 1. The smallest absolute Gasteiger partial charge is 0.264 e. The summed E-state index contributed by atoms with van der Waals surface area (Å²) in [5.41, 5.74) is 0.803. The molecule has 3 aromatic rings. The molecule has 2 amide bonds. The van der Waals surface area contributed by atoms with Crippen molar-refractivity contribution in [1.82, 2.24) is 10.2 Å². The average Bonchev–Trinajstić information content (AvgIpc) is 2.97. The highest BCUT2D eigenvalue weighted by molar-refractivity contribution is 7.92. The molecule has 40 heavy (non-hydrogen) atoms. The highest BCUT2D eigenvalue weighted by Crippen LogP contribution is 2.36. The number of anilines is 1. The van der Waals surface area contributed by atoms with Crippen molar-refractivity contribution in [3.8, 4) is 11.5 Å². The van der Waals surface area contributed by atoms with Gasteiger partial charge in [0.1, 0.15) is 24.1 Å². The van der Waals surface area contributed by atoms with Gasteiger partial charge in [-0.05, 0) is 55.3 Å². The largest absolute Gasteiger partial charge is 0.497 e. The van der Waals surface area contributed by atoms with Crippen LogP contribution < -0.4 is 19.1 Å². The summed E-state index contributed by atoms with van der Waals surface area (Å²) in [5, 5.41) is 3.29. The molecule has 214 valence electrons. The van der Waals surface area contributed by atoms with Gasteiger partial charge in [-0.1, -0.05) is 48.9 Å². The second kappa shape index (κ2) is 14.0. The molecule has 0 aromatic heterocycles. The molecule has 0 heterocycles. The molecule has 11 heteroatoms. The topological polar surface area (TPSA) is 105 Å². The van der Waals surface area contributed by atoms with Gasteiger partial charge in [-0.15, -0.1) is 0 Å². The van der Waals surface area contributed by atoms with E-state index in [1.165, 1.54) is 37.3 Å². The van der Waals surface area contributed by atoms with E-state index in [4.69, 9.17) is 21.1 Å². The number of amides is 2. The number of benzene rings is 3. The average molecular weight is 588 g/mol. The Balaban J connectivity index is 2.10. The number of carbonyl (C=O) groups excluding carboxylic acids is 2. The van der Waals surface area contributed by atoms with Crippen molar-refractivity contribution in [3.63, 3.8) is 0 Å². The molecule has 9 nitrogen and oxygen atoms in total. The minimum absolute atomic E-state index is 0.0113. The maximum absolute atomic E-state index is 14.0. The molecule has 0 radical (unpaired) electrons. The summed E-state index contributed by atoms with van der Waals surface area (Å²) in [4.78, 5) is 28.3. The number of halogens is 1. The molecular weight excluding hydrogens is 554 g/mol. The summed E-state index contributed by atoms with van der Waals surface area (Å²) in [6, 6.07) is 18.5. The third-order valence-electron chi connectivity index (χ3n) is 6.22. The minimum Gasteiger partial charge on any atom is -0.497 e. The van der Waals surface area contributed by atoms with E-state index < -0.39 is 28.5 Å². The Hall–Kier alpha value is -3.76. The molecule has 0 bridgehead atoms. The van der Waals surface area contributed by atoms with Crippen molar-refractivity contribution in [2.45, 2.75) is 37.8 Å². The second-order valence-electron chi connectivity index (χ2n) is 8.98. The lowest BCUT2D eigenvalue weighted by Gasteiger charge is -2.32. The number of carbonyl (C=O) groups is 2. The lowest BCUT2D eigenvalue weighted by atomic mass is 10.1. The Morgan fingerprint density at radius 2 is 1.70 bits per heavy atom. The first-order valence-electron chi connectivity index (χ1n) is 12.7. The molecule has 0 unspecified atom stereocenters. The van der Waals surface area contributed by atoms with Gasteiger partial charge in [-0.2, -0.15) is 0 Å². The number of rotatable bonds is 13. The van der Waals surface area contributed by atoms with E-state index in [0.29, 0.717) is 22.9 Å². The van der Waals surface area contributed by atoms with Crippen molar-refractivity contribution in [2.24, 2.45) is 0 Å². The van der Waals surface area contributed by atoms with Crippen LogP contribution in [-0.4, -0.2) is 58.5 Å². The lowest BCUT2D eigenvalue weighted by Crippen LogP contribution is -2.51. The van der Waals surface area contributed by atoms with E-state index in [9.17, 15) is 18.0 Å². The fourth-order valence-electron chi connectivity index (χ4n) is 4.04. The number of methoxy groups -OCH3 is 2. The molecule has 0 saturated carbocycles. The van der Waals surface area contributed by atoms with Gasteiger partial charge in [0.15, 0.2) is 0 Å². The first-order chi connectivity index (χ1) is 19.1. The predicted molar refractivity (Wildman–Crippen MR) is 155 cm³/mol. The van der Waals surface area contributed by atoms with Gasteiger partial charge >= 0.3 is 0 Å². The van der Waals surface area contributed by atoms with Crippen LogP contribution in [0.3, 0.4) is 0 Å². The summed E-state index contributed by atoms with van der Waals surface area (Å²) >= 11 is 6.18. The van der Waals surface area contributed by atoms with E-state index in [-0.39, 0.29) is 28.8 Å². The summed E-state index contributed by atoms with van der Waals surface area (Å²) in [7, 11) is -1.39. The zero-order valence-corrected chi connectivity index (χ0v) is 24.5. The third kappa shape index (κ3) is 7.45. The molecule has 1 atom stereocenters. The Bertz CT molecular complexity index is 1420. The quantitative estimate of drug-likeness (QED) is 0.316. The molecule has 3 rings (SSSR count). The Labute approximate surface area is 240 Å². The van der Waals surface area contributed by atoms with Gasteiger partial charge in [0.2, 0.25) is 11.8 Å². The van der Waals surface area contributed by atoms with Crippen molar-refractivity contribution < 1.29 is 27.5 Å². The van der Waals surface area contributed by atoms with Gasteiger partial charge < -0.3 is 19.7 Å². The van der Waals surface area contributed by atoms with Crippen LogP contribution in [0.5, 0.6) is 11.5 Å². The number of ether oxygens (including phenoxy) is 2. The Kier molecular flexibility index (Phi) is 10.8. The zero-order valence-electron chi connectivity index (χ0n) is 23.0. The number of nitrogens with one attached hydrogen (secondary N) is 1. The monoisotopic (exact) mass is 587 g/mol. The fraction of sp³-hybridized carbons (Fsp3) is 0.310. The summed E-state index contributed by atoms with van der Waals surface area (Å²) < 4.78 is 39.7. The maximum atomic E-state index is 14.0. The van der Waals surface area contributed by atoms with Gasteiger partial charge in [-0.3, -0.25) is 13.9 Å². The lowest BCUT2D eigenvalue weighted by molar-refractivity contribution is -0.139. The van der Waals surface area contributed by atoms with Crippen LogP contribution in [0.1, 0.15) is 25.8 Å². The molecule has 1 N–H and O–H groups in total. The summed E-state index contributed by atoms with van der Waals surface area (Å²) in [6.45, 7) is 3.41. The highest BCUT2D eigenvalue weighted by atomic mass is 35.5. The van der Waals surface area contributed by atoms with Gasteiger partial charge in [0.25, 0.3) is 10.0 Å². The third-order valence-corrected chi connectivity index (χ3v) is 8.23. The highest BCUT2D eigenvalue weighted by Gasteiger charge is 2.34. The summed E-state index contributed by atoms with van der Waals surface area (Å²) in [6.07, 6.45) is 0.722. The van der Waals surface area contributed by atoms with Crippen LogP contribution in [0.25, 0.3) is 0 Å². The van der Waals surface area contributed by atoms with Crippen LogP contribution >= 0.6 is 11.6 Å². The van der Waals surface area contributed by atoms with E-state index in [1.807, 2.05) is 6.92 Å². The van der Waals surface area contributed by atoms with Gasteiger partial charge in [0, 0.05) is 24.2 Å². The second-order valence-corrected chi connectivity index (χ2v) is 11.3. The number of sulfonamides is 1. The zero-order chi connectivity index (χ0) is 29.3. The summed E-state index contributed by atoms with van der Waals surface area (Å²) in [5.74, 6) is -0.347. The SMILES string of the molecule is CCCNC(=O)[C@@H](C)N(Cc1cccc(Cl)c1)C(=O)CN(c1cc(OC)ccc1OC)S(=O)(=O)c1ccccc1. The van der Waals surface area contributed by atoms with Crippen LogP contribution in [0, 0.1) is 0 Å². The van der Waals surface area contributed by atoms with Crippen LogP contribution in [0.15, 0.2) is 77.7 Å². The molecular formula is C29H34ClN3O6S.